The fourth-order valence-corrected chi connectivity index (χ4v) is 8.28. The van der Waals surface area contributed by atoms with E-state index in [9.17, 15) is 31.6 Å². The minimum Gasteiger partial charge on any atom is -0.309 e. The van der Waals surface area contributed by atoms with Gasteiger partial charge in [0.2, 0.25) is 0 Å². The van der Waals surface area contributed by atoms with Gasteiger partial charge in [-0.05, 0) is 78.4 Å². The van der Waals surface area contributed by atoms with Crippen molar-refractivity contribution in [1.29, 1.82) is 5.26 Å². The molecule has 3 heterocycles. The lowest BCUT2D eigenvalue weighted by Gasteiger charge is -2.20. The number of benzene rings is 7. The second-order valence-electron chi connectivity index (χ2n) is 14.5. The van der Waals surface area contributed by atoms with Crippen molar-refractivity contribution in [3.63, 3.8) is 0 Å². The van der Waals surface area contributed by atoms with E-state index >= 15 is 0 Å². The Bertz CT molecular complexity index is 3300. The minimum absolute atomic E-state index is 0.190. The maximum Gasteiger partial charge on any atom is 0.416 e. The van der Waals surface area contributed by atoms with Crippen LogP contribution in [0, 0.1) is 11.3 Å². The molecule has 0 N–H and O–H groups in total. The number of nitrogens with zero attached hydrogens (tertiary/aromatic N) is 4. The monoisotopic (exact) mass is 798 g/mol. The lowest BCUT2D eigenvalue weighted by molar-refractivity contribution is -0.138. The van der Waals surface area contributed by atoms with Gasteiger partial charge in [-0.15, -0.1) is 0 Å². The average molecular weight is 799 g/mol. The van der Waals surface area contributed by atoms with Gasteiger partial charge < -0.3 is 9.13 Å². The zero-order chi connectivity index (χ0) is 41.3. The van der Waals surface area contributed by atoms with Gasteiger partial charge in [0.1, 0.15) is 6.07 Å². The number of pyridine rings is 1. The number of alkyl halides is 6. The molecule has 3 aromatic heterocycles. The highest BCUT2D eigenvalue weighted by atomic mass is 19.4. The molecule has 60 heavy (non-hydrogen) atoms. The van der Waals surface area contributed by atoms with Gasteiger partial charge >= 0.3 is 12.4 Å². The summed E-state index contributed by atoms with van der Waals surface area (Å²) in [7, 11) is 0. The highest BCUT2D eigenvalue weighted by Crippen LogP contribution is 2.44. The first-order valence-corrected chi connectivity index (χ1v) is 18.9. The van der Waals surface area contributed by atoms with Gasteiger partial charge in [0, 0.05) is 38.2 Å². The number of nitriles is 1. The van der Waals surface area contributed by atoms with Crippen LogP contribution < -0.4 is 0 Å². The molecule has 0 saturated heterocycles. The Morgan fingerprint density at radius 3 is 1.32 bits per heavy atom. The minimum atomic E-state index is -4.58. The van der Waals surface area contributed by atoms with Crippen molar-refractivity contribution < 1.29 is 26.3 Å². The molecule has 0 bridgehead atoms. The van der Waals surface area contributed by atoms with E-state index in [1.54, 1.807) is 47.0 Å². The van der Waals surface area contributed by atoms with Crippen LogP contribution in [0.5, 0.6) is 0 Å². The van der Waals surface area contributed by atoms with Crippen molar-refractivity contribution in [2.24, 2.45) is 0 Å². The van der Waals surface area contributed by atoms with Gasteiger partial charge in [-0.3, -0.25) is 0 Å². The Morgan fingerprint density at radius 2 is 0.850 bits per heavy atom. The van der Waals surface area contributed by atoms with Crippen molar-refractivity contribution in [3.05, 3.63) is 187 Å². The molecule has 10 rings (SSSR count). The number of halogens is 6. The average Bonchev–Trinajstić information content (AvgIpc) is 3.78. The summed E-state index contributed by atoms with van der Waals surface area (Å²) in [4.78, 5) is 5.08. The second kappa shape index (κ2) is 13.7. The number of fused-ring (bicyclic) bond motifs is 6. The topological polar surface area (TPSA) is 46.5 Å². The Morgan fingerprint density at radius 1 is 0.417 bits per heavy atom. The van der Waals surface area contributed by atoms with Gasteiger partial charge in [0.15, 0.2) is 0 Å². The van der Waals surface area contributed by atoms with E-state index in [2.05, 4.69) is 6.07 Å². The molecule has 0 fully saturated rings. The summed E-state index contributed by atoms with van der Waals surface area (Å²) < 4.78 is 88.4. The fraction of sp³-hybridized carbons (Fsp3) is 0.0400. The molecule has 10 aromatic rings. The summed E-state index contributed by atoms with van der Waals surface area (Å²) in [5.74, 6) is 0. The predicted octanol–water partition coefficient (Wildman–Crippen LogP) is 14.2. The Hall–Kier alpha value is -7.64. The molecule has 0 aliphatic heterocycles. The third-order valence-electron chi connectivity index (χ3n) is 11.0. The zero-order valence-corrected chi connectivity index (χ0v) is 31.2. The largest absolute Gasteiger partial charge is 0.416 e. The summed E-state index contributed by atoms with van der Waals surface area (Å²) in [5.41, 5.74) is 5.91. The van der Waals surface area contributed by atoms with E-state index in [0.717, 1.165) is 35.4 Å². The number of hydrogen-bond acceptors (Lipinski definition) is 2. The lowest BCUT2D eigenvalue weighted by atomic mass is 9.96. The fourth-order valence-electron chi connectivity index (χ4n) is 8.28. The highest BCUT2D eigenvalue weighted by Gasteiger charge is 2.33. The standard InChI is InChI=1S/C50H28F6N4/c51-49(52,53)34-19-21-45-39(26-34)36-15-7-9-17-43(36)59(45)47-28-38(32-23-41(30-11-3-1-4-12-30)58-42(24-32)31-13-5-2-6-14-31)48(25-33(47)29-57)60-44-18-10-8-16-37(44)40-27-35(50(54,55)56)20-22-46(40)60/h1-28H. The van der Waals surface area contributed by atoms with Crippen LogP contribution in [0.15, 0.2) is 170 Å². The highest BCUT2D eigenvalue weighted by molar-refractivity contribution is 6.11. The SMILES string of the molecule is N#Cc1cc(-n2c3ccccc3c3cc(C(F)(F)F)ccc32)c(-c2cc(-c3ccccc3)nc(-c3ccccc3)c2)cc1-n1c2ccccc2c2cc(C(F)(F)F)ccc21. The van der Waals surface area contributed by atoms with Crippen LogP contribution in [0.1, 0.15) is 16.7 Å². The first-order valence-electron chi connectivity index (χ1n) is 18.9. The predicted molar refractivity (Wildman–Crippen MR) is 224 cm³/mol. The van der Waals surface area contributed by atoms with Crippen molar-refractivity contribution in [2.45, 2.75) is 12.4 Å². The van der Waals surface area contributed by atoms with Crippen LogP contribution in [-0.4, -0.2) is 14.1 Å². The molecule has 7 aromatic carbocycles. The van der Waals surface area contributed by atoms with Crippen molar-refractivity contribution in [2.75, 3.05) is 0 Å². The number of para-hydroxylation sites is 2. The third kappa shape index (κ3) is 6.05. The normalized spacial score (nSPS) is 12.2. The van der Waals surface area contributed by atoms with Crippen LogP contribution in [0.2, 0.25) is 0 Å². The van der Waals surface area contributed by atoms with E-state index in [4.69, 9.17) is 4.98 Å². The molecule has 290 valence electrons. The lowest BCUT2D eigenvalue weighted by Crippen LogP contribution is -2.06. The van der Waals surface area contributed by atoms with Crippen LogP contribution >= 0.6 is 0 Å². The van der Waals surface area contributed by atoms with Crippen molar-refractivity contribution in [3.8, 4) is 51.1 Å². The first kappa shape index (κ1) is 36.7. The van der Waals surface area contributed by atoms with Crippen molar-refractivity contribution in [1.82, 2.24) is 14.1 Å². The molecule has 0 radical (unpaired) electrons. The van der Waals surface area contributed by atoms with Gasteiger partial charge in [0.05, 0.1) is 61.5 Å². The second-order valence-corrected chi connectivity index (χ2v) is 14.5. The number of aromatic nitrogens is 3. The molecule has 0 aliphatic carbocycles. The number of hydrogen-bond donors (Lipinski definition) is 0. The molecule has 0 unspecified atom stereocenters. The zero-order valence-electron chi connectivity index (χ0n) is 31.2. The van der Waals surface area contributed by atoms with Gasteiger partial charge in [-0.2, -0.15) is 31.6 Å². The summed E-state index contributed by atoms with van der Waals surface area (Å²) in [6, 6.07) is 50.6. The van der Waals surface area contributed by atoms with Crippen LogP contribution in [0.3, 0.4) is 0 Å². The van der Waals surface area contributed by atoms with E-state index in [1.807, 2.05) is 95.6 Å². The van der Waals surface area contributed by atoms with Crippen LogP contribution in [0.4, 0.5) is 26.3 Å². The van der Waals surface area contributed by atoms with Gasteiger partial charge in [0.25, 0.3) is 0 Å². The molecule has 0 atom stereocenters. The molecular formula is C50H28F6N4. The van der Waals surface area contributed by atoms with Crippen LogP contribution in [0.25, 0.3) is 88.6 Å². The molecule has 0 spiro atoms. The summed E-state index contributed by atoms with van der Waals surface area (Å²) in [5, 5.41) is 12.9. The maximum atomic E-state index is 14.2. The summed E-state index contributed by atoms with van der Waals surface area (Å²) in [6.45, 7) is 0. The molecule has 4 nitrogen and oxygen atoms in total. The quantitative estimate of drug-likeness (QED) is 0.163. The van der Waals surface area contributed by atoms with E-state index < -0.39 is 23.5 Å². The molecular weight excluding hydrogens is 771 g/mol. The summed E-state index contributed by atoms with van der Waals surface area (Å²) >= 11 is 0. The van der Waals surface area contributed by atoms with E-state index in [1.165, 1.54) is 12.1 Å². The Balaban J connectivity index is 1.35. The molecule has 0 amide bonds. The molecule has 0 aliphatic rings. The van der Waals surface area contributed by atoms with Gasteiger partial charge in [-0.25, -0.2) is 4.98 Å². The smallest absolute Gasteiger partial charge is 0.309 e. The molecule has 0 saturated carbocycles. The van der Waals surface area contributed by atoms with Crippen molar-refractivity contribution >= 4 is 43.6 Å². The first-order chi connectivity index (χ1) is 29.0. The van der Waals surface area contributed by atoms with E-state index in [0.29, 0.717) is 77.5 Å². The maximum absolute atomic E-state index is 14.2. The summed E-state index contributed by atoms with van der Waals surface area (Å²) in [6.07, 6.45) is -9.17. The Kier molecular flexibility index (Phi) is 8.40. The van der Waals surface area contributed by atoms with Gasteiger partial charge in [-0.1, -0.05) is 97.1 Å². The van der Waals surface area contributed by atoms with Crippen LogP contribution in [-0.2, 0) is 12.4 Å². The number of rotatable bonds is 5. The third-order valence-corrected chi connectivity index (χ3v) is 11.0. The Labute approximate surface area is 338 Å². The molecule has 10 heteroatoms. The van der Waals surface area contributed by atoms with E-state index in [-0.39, 0.29) is 5.56 Å².